The predicted octanol–water partition coefficient (Wildman–Crippen LogP) is 2.08. The maximum atomic E-state index is 12.4. The first-order valence-electron chi connectivity index (χ1n) is 6.61. The van der Waals surface area contributed by atoms with Crippen molar-refractivity contribution >= 4 is 18.0 Å². The summed E-state index contributed by atoms with van der Waals surface area (Å²) in [6, 6.07) is 6.49. The third kappa shape index (κ3) is 2.67. The van der Waals surface area contributed by atoms with Crippen molar-refractivity contribution in [1.29, 1.82) is 0 Å². The van der Waals surface area contributed by atoms with Crippen LogP contribution in [-0.4, -0.2) is 35.5 Å². The first-order valence-corrected chi connectivity index (χ1v) is 6.61. The number of allylic oxidation sites excluding steroid dienone is 1. The van der Waals surface area contributed by atoms with Gasteiger partial charge in [0.2, 0.25) is 0 Å². The summed E-state index contributed by atoms with van der Waals surface area (Å²) in [5, 5.41) is 9.50. The highest BCUT2D eigenvalue weighted by molar-refractivity contribution is 6.16. The van der Waals surface area contributed by atoms with Crippen molar-refractivity contribution in [1.82, 2.24) is 4.90 Å². The molecule has 1 aromatic rings. The molecule has 1 amide bonds. The largest absolute Gasteiger partial charge is 0.508 e. The number of amides is 1. The number of carbonyl (C=O) groups is 2. The Morgan fingerprint density at radius 1 is 1.43 bits per heavy atom. The van der Waals surface area contributed by atoms with Crippen molar-refractivity contribution in [2.45, 2.75) is 13.8 Å². The van der Waals surface area contributed by atoms with Gasteiger partial charge in [-0.2, -0.15) is 0 Å². The van der Waals surface area contributed by atoms with E-state index in [9.17, 15) is 14.7 Å². The number of aromatic hydroxyl groups is 1. The summed E-state index contributed by atoms with van der Waals surface area (Å²) in [6.45, 7) is 4.03. The highest BCUT2D eigenvalue weighted by Gasteiger charge is 2.35. The van der Waals surface area contributed by atoms with E-state index in [4.69, 9.17) is 4.74 Å². The standard InChI is InChI=1S/C16H17NO4/c1-4-17-10(2)14(16(20)21-3)13(15(17)19)9-11-6-5-7-12(18)8-11/h5-9,18H,4H2,1-3H3/b13-9-. The maximum absolute atomic E-state index is 12.4. The van der Waals surface area contributed by atoms with E-state index < -0.39 is 5.97 Å². The van der Waals surface area contributed by atoms with Gasteiger partial charge in [0, 0.05) is 12.2 Å². The SMILES string of the molecule is CCN1C(=O)/C(=C\c2cccc(O)c2)C(C(=O)OC)=C1C. The maximum Gasteiger partial charge on any atom is 0.340 e. The molecule has 0 unspecified atom stereocenters. The highest BCUT2D eigenvalue weighted by Crippen LogP contribution is 2.31. The van der Waals surface area contributed by atoms with Crippen molar-refractivity contribution in [3.05, 3.63) is 46.7 Å². The first kappa shape index (κ1) is 14.8. The summed E-state index contributed by atoms with van der Waals surface area (Å²) in [5.74, 6) is -0.676. The van der Waals surface area contributed by atoms with E-state index in [1.54, 1.807) is 31.2 Å². The van der Waals surface area contributed by atoms with Crippen molar-refractivity contribution in [3.8, 4) is 5.75 Å². The van der Waals surface area contributed by atoms with Gasteiger partial charge in [0.05, 0.1) is 18.3 Å². The summed E-state index contributed by atoms with van der Waals surface area (Å²) in [7, 11) is 1.29. The lowest BCUT2D eigenvalue weighted by Gasteiger charge is -2.14. The summed E-state index contributed by atoms with van der Waals surface area (Å²) in [6.07, 6.45) is 1.59. The van der Waals surface area contributed by atoms with Gasteiger partial charge < -0.3 is 14.7 Å². The van der Waals surface area contributed by atoms with Gasteiger partial charge in [-0.3, -0.25) is 4.79 Å². The Kier molecular flexibility index (Phi) is 4.12. The molecule has 0 fully saturated rings. The number of phenols is 1. The fraction of sp³-hybridized carbons (Fsp3) is 0.250. The van der Waals surface area contributed by atoms with Gasteiger partial charge in [-0.15, -0.1) is 0 Å². The van der Waals surface area contributed by atoms with Crippen LogP contribution in [0.1, 0.15) is 19.4 Å². The molecule has 0 radical (unpaired) electrons. The van der Waals surface area contributed by atoms with Crippen LogP contribution in [0.25, 0.3) is 6.08 Å². The smallest absolute Gasteiger partial charge is 0.340 e. The zero-order valence-electron chi connectivity index (χ0n) is 12.2. The minimum absolute atomic E-state index is 0.0995. The average molecular weight is 287 g/mol. The third-order valence-corrected chi connectivity index (χ3v) is 3.40. The molecule has 0 bridgehead atoms. The normalized spacial score (nSPS) is 16.8. The van der Waals surface area contributed by atoms with Crippen LogP contribution in [0.15, 0.2) is 41.1 Å². The van der Waals surface area contributed by atoms with E-state index in [1.807, 2.05) is 6.92 Å². The van der Waals surface area contributed by atoms with Crippen molar-refractivity contribution in [3.63, 3.8) is 0 Å². The predicted molar refractivity (Wildman–Crippen MR) is 78.2 cm³/mol. The van der Waals surface area contributed by atoms with E-state index >= 15 is 0 Å². The lowest BCUT2D eigenvalue weighted by Crippen LogP contribution is -2.24. The summed E-state index contributed by atoms with van der Waals surface area (Å²) in [5.41, 5.74) is 1.78. The van der Waals surface area contributed by atoms with Gasteiger partial charge in [0.25, 0.3) is 5.91 Å². The second-order valence-corrected chi connectivity index (χ2v) is 4.65. The van der Waals surface area contributed by atoms with Gasteiger partial charge in [0.1, 0.15) is 5.75 Å². The number of likely N-dealkylation sites (N-methyl/N-ethyl adjacent to an activating group) is 1. The Morgan fingerprint density at radius 3 is 2.71 bits per heavy atom. The van der Waals surface area contributed by atoms with Gasteiger partial charge >= 0.3 is 5.97 Å². The average Bonchev–Trinajstić information content (AvgIpc) is 2.69. The molecule has 1 aliphatic rings. The highest BCUT2D eigenvalue weighted by atomic mass is 16.5. The number of methoxy groups -OCH3 is 1. The van der Waals surface area contributed by atoms with Gasteiger partial charge in [-0.1, -0.05) is 12.1 Å². The van der Waals surface area contributed by atoms with E-state index in [-0.39, 0.29) is 22.8 Å². The Hall–Kier alpha value is -2.56. The molecule has 1 aliphatic heterocycles. The number of benzene rings is 1. The fourth-order valence-corrected chi connectivity index (χ4v) is 2.39. The van der Waals surface area contributed by atoms with Crippen LogP contribution in [0.4, 0.5) is 0 Å². The van der Waals surface area contributed by atoms with Gasteiger partial charge in [-0.05, 0) is 37.6 Å². The molecular formula is C16H17NO4. The number of rotatable bonds is 3. The van der Waals surface area contributed by atoms with Crippen LogP contribution in [0.3, 0.4) is 0 Å². The lowest BCUT2D eigenvalue weighted by atomic mass is 10.0. The molecule has 21 heavy (non-hydrogen) atoms. The van der Waals surface area contributed by atoms with Crippen LogP contribution in [0.2, 0.25) is 0 Å². The summed E-state index contributed by atoms with van der Waals surface area (Å²) in [4.78, 5) is 25.9. The fourth-order valence-electron chi connectivity index (χ4n) is 2.39. The second kappa shape index (κ2) is 5.83. The molecule has 0 atom stereocenters. The minimum atomic E-state index is -0.539. The molecule has 0 aromatic heterocycles. The van der Waals surface area contributed by atoms with Crippen molar-refractivity contribution < 1.29 is 19.4 Å². The summed E-state index contributed by atoms with van der Waals surface area (Å²) >= 11 is 0. The quantitative estimate of drug-likeness (QED) is 0.683. The van der Waals surface area contributed by atoms with E-state index in [0.29, 0.717) is 17.8 Å². The molecular weight excluding hydrogens is 270 g/mol. The monoisotopic (exact) mass is 287 g/mol. The number of ether oxygens (including phenoxy) is 1. The topological polar surface area (TPSA) is 66.8 Å². The third-order valence-electron chi connectivity index (χ3n) is 3.40. The molecule has 0 spiro atoms. The molecule has 0 saturated heterocycles. The Bertz CT molecular complexity index is 658. The van der Waals surface area contributed by atoms with E-state index in [2.05, 4.69) is 0 Å². The number of esters is 1. The van der Waals surface area contributed by atoms with Crippen LogP contribution in [-0.2, 0) is 14.3 Å². The molecule has 5 nitrogen and oxygen atoms in total. The van der Waals surface area contributed by atoms with E-state index in [1.165, 1.54) is 18.1 Å². The van der Waals surface area contributed by atoms with Crippen LogP contribution < -0.4 is 0 Å². The van der Waals surface area contributed by atoms with Crippen LogP contribution in [0.5, 0.6) is 5.75 Å². The van der Waals surface area contributed by atoms with Crippen molar-refractivity contribution in [2.24, 2.45) is 0 Å². The molecule has 1 N–H and O–H groups in total. The van der Waals surface area contributed by atoms with Gasteiger partial charge in [0.15, 0.2) is 0 Å². The number of carbonyl (C=O) groups excluding carboxylic acids is 2. The lowest BCUT2D eigenvalue weighted by molar-refractivity contribution is -0.136. The molecule has 5 heteroatoms. The second-order valence-electron chi connectivity index (χ2n) is 4.65. The zero-order chi connectivity index (χ0) is 15.6. The van der Waals surface area contributed by atoms with Crippen LogP contribution >= 0.6 is 0 Å². The number of phenolic OH excluding ortho intramolecular Hbond substituents is 1. The molecule has 1 aromatic carbocycles. The minimum Gasteiger partial charge on any atom is -0.508 e. The Morgan fingerprint density at radius 2 is 2.14 bits per heavy atom. The van der Waals surface area contributed by atoms with Crippen LogP contribution in [0, 0.1) is 0 Å². The molecule has 0 saturated carbocycles. The molecule has 2 rings (SSSR count). The zero-order valence-corrected chi connectivity index (χ0v) is 12.2. The molecule has 110 valence electrons. The number of hydrogen-bond donors (Lipinski definition) is 1. The Balaban J connectivity index is 2.55. The summed E-state index contributed by atoms with van der Waals surface area (Å²) < 4.78 is 4.77. The van der Waals surface area contributed by atoms with Gasteiger partial charge in [-0.25, -0.2) is 4.79 Å². The van der Waals surface area contributed by atoms with Crippen molar-refractivity contribution in [2.75, 3.05) is 13.7 Å². The Labute approximate surface area is 123 Å². The first-order chi connectivity index (χ1) is 9.99. The molecule has 1 heterocycles. The molecule has 0 aliphatic carbocycles. The number of nitrogens with zero attached hydrogens (tertiary/aromatic N) is 1. The van der Waals surface area contributed by atoms with E-state index in [0.717, 1.165) is 0 Å². The number of hydrogen-bond acceptors (Lipinski definition) is 4.